The van der Waals surface area contributed by atoms with Crippen LogP contribution in [-0.4, -0.2) is 25.0 Å². The summed E-state index contributed by atoms with van der Waals surface area (Å²) in [5.41, 5.74) is 1.71. The fraction of sp³-hybridized carbons (Fsp3) is 0.312. The molecule has 20 heavy (non-hydrogen) atoms. The Hall–Kier alpha value is -2.07. The predicted octanol–water partition coefficient (Wildman–Crippen LogP) is 3.26. The summed E-state index contributed by atoms with van der Waals surface area (Å²) in [6.07, 6.45) is 1.61. The first-order valence-electron chi connectivity index (χ1n) is 6.52. The van der Waals surface area contributed by atoms with Crippen molar-refractivity contribution in [1.29, 1.82) is 0 Å². The van der Waals surface area contributed by atoms with Gasteiger partial charge >= 0.3 is 0 Å². The standard InChI is InChI=1S/C16H19NO3/c1-12(15-5-4-10-20-15)17(2)16(18)14-8-6-13(7-9-14)11-19-3/h4-10,12H,11H2,1-3H3. The molecule has 0 spiro atoms. The van der Waals surface area contributed by atoms with E-state index in [9.17, 15) is 4.79 Å². The van der Waals surface area contributed by atoms with E-state index in [4.69, 9.17) is 9.15 Å². The van der Waals surface area contributed by atoms with Gasteiger partial charge in [-0.15, -0.1) is 0 Å². The molecule has 1 unspecified atom stereocenters. The minimum Gasteiger partial charge on any atom is -0.467 e. The smallest absolute Gasteiger partial charge is 0.254 e. The highest BCUT2D eigenvalue weighted by molar-refractivity contribution is 5.94. The third kappa shape index (κ3) is 3.08. The Labute approximate surface area is 119 Å². The second-order valence-corrected chi connectivity index (χ2v) is 4.74. The van der Waals surface area contributed by atoms with Crippen molar-refractivity contribution in [2.24, 2.45) is 0 Å². The summed E-state index contributed by atoms with van der Waals surface area (Å²) >= 11 is 0. The Bertz CT molecular complexity index is 546. The Morgan fingerprint density at radius 2 is 2.00 bits per heavy atom. The molecular weight excluding hydrogens is 254 g/mol. The molecule has 0 fully saturated rings. The van der Waals surface area contributed by atoms with E-state index in [2.05, 4.69) is 0 Å². The third-order valence-electron chi connectivity index (χ3n) is 3.37. The largest absolute Gasteiger partial charge is 0.467 e. The SMILES string of the molecule is COCc1ccc(C(=O)N(C)C(C)c2ccco2)cc1. The minimum absolute atomic E-state index is 0.0298. The molecule has 1 atom stereocenters. The molecule has 0 saturated carbocycles. The molecule has 0 aliphatic carbocycles. The van der Waals surface area contributed by atoms with E-state index in [1.165, 1.54) is 0 Å². The van der Waals surface area contributed by atoms with Gasteiger partial charge in [-0.3, -0.25) is 4.79 Å². The van der Waals surface area contributed by atoms with Crippen molar-refractivity contribution in [2.75, 3.05) is 14.2 Å². The van der Waals surface area contributed by atoms with Crippen LogP contribution in [0.1, 0.15) is 34.6 Å². The molecule has 0 radical (unpaired) electrons. The number of carbonyl (C=O) groups is 1. The normalized spacial score (nSPS) is 12.2. The van der Waals surface area contributed by atoms with Crippen molar-refractivity contribution < 1.29 is 13.9 Å². The zero-order valence-corrected chi connectivity index (χ0v) is 12.0. The van der Waals surface area contributed by atoms with Gasteiger partial charge in [0, 0.05) is 19.7 Å². The molecular formula is C16H19NO3. The van der Waals surface area contributed by atoms with E-state index in [0.717, 1.165) is 11.3 Å². The highest BCUT2D eigenvalue weighted by Gasteiger charge is 2.20. The molecule has 1 aromatic heterocycles. The maximum atomic E-state index is 12.4. The summed E-state index contributed by atoms with van der Waals surface area (Å²) in [6, 6.07) is 11.0. The molecule has 0 bridgehead atoms. The minimum atomic E-state index is -0.101. The van der Waals surface area contributed by atoms with Crippen LogP contribution in [0.2, 0.25) is 0 Å². The van der Waals surface area contributed by atoms with Gasteiger partial charge in [0.15, 0.2) is 0 Å². The molecule has 2 rings (SSSR count). The lowest BCUT2D eigenvalue weighted by Gasteiger charge is -2.23. The van der Waals surface area contributed by atoms with Gasteiger partial charge in [-0.05, 0) is 36.8 Å². The molecule has 4 nitrogen and oxygen atoms in total. The van der Waals surface area contributed by atoms with Crippen LogP contribution in [0.5, 0.6) is 0 Å². The van der Waals surface area contributed by atoms with Gasteiger partial charge in [-0.2, -0.15) is 0 Å². The van der Waals surface area contributed by atoms with Crippen LogP contribution in [0.4, 0.5) is 0 Å². The van der Waals surface area contributed by atoms with Gasteiger partial charge in [0.1, 0.15) is 5.76 Å². The van der Waals surface area contributed by atoms with Crippen molar-refractivity contribution in [3.8, 4) is 0 Å². The summed E-state index contributed by atoms with van der Waals surface area (Å²) in [7, 11) is 3.43. The average molecular weight is 273 g/mol. The predicted molar refractivity (Wildman–Crippen MR) is 76.4 cm³/mol. The first-order chi connectivity index (χ1) is 9.63. The molecule has 1 aromatic carbocycles. The van der Waals surface area contributed by atoms with Crippen LogP contribution in [0.25, 0.3) is 0 Å². The number of hydrogen-bond acceptors (Lipinski definition) is 3. The Balaban J connectivity index is 2.10. The third-order valence-corrected chi connectivity index (χ3v) is 3.37. The van der Waals surface area contributed by atoms with Crippen molar-refractivity contribution in [3.63, 3.8) is 0 Å². The van der Waals surface area contributed by atoms with E-state index in [-0.39, 0.29) is 11.9 Å². The van der Waals surface area contributed by atoms with Gasteiger partial charge in [0.2, 0.25) is 0 Å². The summed E-state index contributed by atoms with van der Waals surface area (Å²) in [4.78, 5) is 14.1. The van der Waals surface area contributed by atoms with Crippen molar-refractivity contribution in [3.05, 3.63) is 59.5 Å². The molecule has 106 valence electrons. The van der Waals surface area contributed by atoms with Crippen LogP contribution < -0.4 is 0 Å². The van der Waals surface area contributed by atoms with Crippen LogP contribution in [0.15, 0.2) is 47.1 Å². The van der Waals surface area contributed by atoms with Gasteiger partial charge in [-0.1, -0.05) is 12.1 Å². The second-order valence-electron chi connectivity index (χ2n) is 4.74. The van der Waals surface area contributed by atoms with Crippen LogP contribution >= 0.6 is 0 Å². The summed E-state index contributed by atoms with van der Waals surface area (Å²) in [6.45, 7) is 2.49. The molecule has 0 aliphatic rings. The quantitative estimate of drug-likeness (QED) is 0.839. The van der Waals surface area contributed by atoms with Gasteiger partial charge in [0.05, 0.1) is 18.9 Å². The molecule has 2 aromatic rings. The molecule has 0 saturated heterocycles. The average Bonchev–Trinajstić information content (AvgIpc) is 3.00. The molecule has 4 heteroatoms. The monoisotopic (exact) mass is 273 g/mol. The highest BCUT2D eigenvalue weighted by Crippen LogP contribution is 2.21. The summed E-state index contributed by atoms with van der Waals surface area (Å²) in [5, 5.41) is 0. The Morgan fingerprint density at radius 1 is 1.30 bits per heavy atom. The fourth-order valence-electron chi connectivity index (χ4n) is 2.01. The van der Waals surface area contributed by atoms with E-state index in [1.54, 1.807) is 25.3 Å². The molecule has 1 heterocycles. The lowest BCUT2D eigenvalue weighted by atomic mass is 10.1. The van der Waals surface area contributed by atoms with Gasteiger partial charge in [0.25, 0.3) is 5.91 Å². The lowest BCUT2D eigenvalue weighted by molar-refractivity contribution is 0.0726. The first-order valence-corrected chi connectivity index (χ1v) is 6.52. The van der Waals surface area contributed by atoms with Gasteiger partial charge in [-0.25, -0.2) is 0 Å². The van der Waals surface area contributed by atoms with E-state index >= 15 is 0 Å². The topological polar surface area (TPSA) is 42.7 Å². The second kappa shape index (κ2) is 6.39. The number of rotatable bonds is 5. The highest BCUT2D eigenvalue weighted by atomic mass is 16.5. The Morgan fingerprint density at radius 3 is 2.55 bits per heavy atom. The van der Waals surface area contributed by atoms with E-state index < -0.39 is 0 Å². The molecule has 0 N–H and O–H groups in total. The number of benzene rings is 1. The number of methoxy groups -OCH3 is 1. The van der Waals surface area contributed by atoms with Crippen molar-refractivity contribution >= 4 is 5.91 Å². The number of ether oxygens (including phenoxy) is 1. The summed E-state index contributed by atoms with van der Waals surface area (Å²) < 4.78 is 10.4. The fourth-order valence-corrected chi connectivity index (χ4v) is 2.01. The Kier molecular flexibility index (Phi) is 4.58. The van der Waals surface area contributed by atoms with E-state index in [1.807, 2.05) is 43.3 Å². The van der Waals surface area contributed by atoms with Crippen molar-refractivity contribution in [1.82, 2.24) is 4.90 Å². The number of nitrogens with zero attached hydrogens (tertiary/aromatic N) is 1. The van der Waals surface area contributed by atoms with Crippen LogP contribution in [0.3, 0.4) is 0 Å². The number of hydrogen-bond donors (Lipinski definition) is 0. The maximum absolute atomic E-state index is 12.4. The number of furan rings is 1. The van der Waals surface area contributed by atoms with Crippen molar-refractivity contribution in [2.45, 2.75) is 19.6 Å². The molecule has 0 aliphatic heterocycles. The van der Waals surface area contributed by atoms with Crippen LogP contribution in [0, 0.1) is 0 Å². The number of carbonyl (C=O) groups excluding carboxylic acids is 1. The maximum Gasteiger partial charge on any atom is 0.254 e. The van der Waals surface area contributed by atoms with E-state index in [0.29, 0.717) is 12.2 Å². The lowest BCUT2D eigenvalue weighted by Crippen LogP contribution is -2.29. The zero-order valence-electron chi connectivity index (χ0n) is 12.0. The summed E-state index contributed by atoms with van der Waals surface area (Å²) in [5.74, 6) is 0.745. The molecule has 1 amide bonds. The van der Waals surface area contributed by atoms with Gasteiger partial charge < -0.3 is 14.1 Å². The number of amides is 1. The first kappa shape index (κ1) is 14.3. The zero-order chi connectivity index (χ0) is 14.5. The van der Waals surface area contributed by atoms with Crippen LogP contribution in [-0.2, 0) is 11.3 Å².